The number of carboxylic acid groups (broad SMARTS) is 1. The Hall–Kier alpha value is -1.92. The van der Waals surface area contributed by atoms with Crippen LogP contribution in [0.25, 0.3) is 33.6 Å². The minimum absolute atomic E-state index is 0. The molecule has 1 aromatic carbocycles. The molecule has 2 aromatic heterocycles. The Labute approximate surface area is 234 Å². The maximum atomic E-state index is 12.4. The van der Waals surface area contributed by atoms with Crippen LogP contribution < -0.4 is 39.4 Å². The summed E-state index contributed by atoms with van der Waals surface area (Å²) in [4.78, 5) is 19.4. The van der Waals surface area contributed by atoms with Gasteiger partial charge in [0.15, 0.2) is 0 Å². The molecule has 3 aromatic rings. The van der Waals surface area contributed by atoms with Gasteiger partial charge in [0.1, 0.15) is 5.75 Å². The van der Waals surface area contributed by atoms with Crippen LogP contribution in [0.15, 0.2) is 30.9 Å². The predicted octanol–water partition coefficient (Wildman–Crippen LogP) is 3.84. The Morgan fingerprint density at radius 1 is 1.34 bits per heavy atom. The maximum absolute atomic E-state index is 12.4. The number of aryl methyl sites for hydroxylation is 1. The average Bonchev–Trinajstić information content (AvgIpc) is 3.14. The van der Waals surface area contributed by atoms with Crippen molar-refractivity contribution in [3.63, 3.8) is 0 Å². The number of aromatic carboxylic acids is 1. The number of carboxylic acids is 1. The number of hydrogen-bond acceptors (Lipinski definition) is 5. The van der Waals surface area contributed by atoms with Crippen molar-refractivity contribution < 1.29 is 44.2 Å². The molecule has 0 aliphatic heterocycles. The van der Waals surface area contributed by atoms with E-state index in [9.17, 15) is 9.90 Å². The summed E-state index contributed by atoms with van der Waals surface area (Å²) in [5.41, 5.74) is 4.61. The van der Waals surface area contributed by atoms with E-state index in [-0.39, 0.29) is 41.2 Å². The van der Waals surface area contributed by atoms with Crippen LogP contribution in [-0.2, 0) is 6.42 Å². The van der Waals surface area contributed by atoms with Crippen LogP contribution in [0.1, 0.15) is 78.4 Å². The second kappa shape index (κ2) is 11.9. The first kappa shape index (κ1) is 27.7. The summed E-state index contributed by atoms with van der Waals surface area (Å²) < 4.78 is 6.42. The number of pyridine rings is 1. The van der Waals surface area contributed by atoms with Crippen molar-refractivity contribution in [3.8, 4) is 16.3 Å². The second-order valence-corrected chi connectivity index (χ2v) is 10.2. The quantitative estimate of drug-likeness (QED) is 0.466. The molecule has 2 unspecified atom stereocenters. The number of ether oxygens (including phenoxy) is 1. The molecule has 35 heavy (non-hydrogen) atoms. The monoisotopic (exact) mass is 497 g/mol. The van der Waals surface area contributed by atoms with Gasteiger partial charge in [0.25, 0.3) is 0 Å². The third-order valence-corrected chi connectivity index (χ3v) is 8.09. The molecule has 1 aliphatic rings. The Balaban J connectivity index is 0.00000342. The van der Waals surface area contributed by atoms with Crippen molar-refractivity contribution in [2.45, 2.75) is 65.9 Å². The summed E-state index contributed by atoms with van der Waals surface area (Å²) in [6.45, 7) is 12.3. The van der Waals surface area contributed by atoms with Crippen LogP contribution in [0.4, 0.5) is 0 Å². The molecular weight excluding hydrogens is 465 g/mol. The molecular formula is C29H32NNaO3S. The van der Waals surface area contributed by atoms with Crippen molar-refractivity contribution in [1.82, 2.24) is 4.98 Å². The fourth-order valence-electron chi connectivity index (χ4n) is 5.01. The molecule has 6 heteroatoms. The van der Waals surface area contributed by atoms with Gasteiger partial charge in [0.05, 0.1) is 33.5 Å². The van der Waals surface area contributed by atoms with Gasteiger partial charge < -0.3 is 14.6 Å². The molecule has 0 saturated heterocycles. The van der Waals surface area contributed by atoms with Crippen LogP contribution >= 0.6 is 11.3 Å². The topological polar surface area (TPSA) is 62.2 Å². The van der Waals surface area contributed by atoms with E-state index in [1.54, 1.807) is 17.4 Å². The molecule has 0 N–H and O–H groups in total. The number of fused-ring (bicyclic) bond motifs is 1. The zero-order valence-corrected chi connectivity index (χ0v) is 24.3. The maximum Gasteiger partial charge on any atom is 1.00 e. The standard InChI is InChI=1S/C29H33NO3S.Na/c1-6-10-21-18(5)28(34-25(21)8-3)23-16-22(29(31)32)26-24(14-13-19(7-2)27(26)30-23)33-20-12-9-11-17(4)15-20;/h6,8,10,13-14,16-17,20H,3,7,9,11-12,15H2,1-2,4-5H3,(H,31,32);/q;+1/p-1/b10-6-;. The third-order valence-electron chi connectivity index (χ3n) is 6.76. The fourth-order valence-corrected chi connectivity index (χ4v) is 6.12. The number of rotatable bonds is 7. The van der Waals surface area contributed by atoms with Gasteiger partial charge in [0, 0.05) is 10.4 Å². The van der Waals surface area contributed by atoms with Crippen molar-refractivity contribution in [1.29, 1.82) is 0 Å². The van der Waals surface area contributed by atoms with E-state index in [2.05, 4.69) is 26.5 Å². The smallest absolute Gasteiger partial charge is 0.545 e. The molecule has 0 radical (unpaired) electrons. The first-order chi connectivity index (χ1) is 16.4. The number of carbonyl (C=O) groups is 1. The van der Waals surface area contributed by atoms with E-state index in [1.165, 1.54) is 6.42 Å². The summed E-state index contributed by atoms with van der Waals surface area (Å²) in [6.07, 6.45) is 11.0. The SMILES string of the molecule is C=Cc1sc(-c2cc(C(=O)[O-])c3c(OC4CCCC(C)C4)ccc(CC)c3n2)c(C)c1/C=C\C.[Na+]. The van der Waals surface area contributed by atoms with Crippen LogP contribution in [0.2, 0.25) is 0 Å². The molecule has 1 aliphatic carbocycles. The van der Waals surface area contributed by atoms with Gasteiger partial charge in [-0.3, -0.25) is 0 Å². The van der Waals surface area contributed by atoms with Crippen LogP contribution in [0.5, 0.6) is 5.75 Å². The number of carbonyl (C=O) groups excluding carboxylic acids is 1. The number of hydrogen-bond donors (Lipinski definition) is 0. The zero-order chi connectivity index (χ0) is 24.4. The molecule has 2 heterocycles. The number of aromatic nitrogens is 1. The first-order valence-electron chi connectivity index (χ1n) is 12.1. The Morgan fingerprint density at radius 3 is 2.74 bits per heavy atom. The van der Waals surface area contributed by atoms with E-state index < -0.39 is 5.97 Å². The van der Waals surface area contributed by atoms with Gasteiger partial charge in [-0.15, -0.1) is 11.3 Å². The van der Waals surface area contributed by atoms with Crippen molar-refractivity contribution in [3.05, 3.63) is 58.0 Å². The third kappa shape index (κ3) is 5.59. The molecule has 4 nitrogen and oxygen atoms in total. The predicted molar refractivity (Wildman–Crippen MR) is 140 cm³/mol. The summed E-state index contributed by atoms with van der Waals surface area (Å²) >= 11 is 1.58. The van der Waals surface area contributed by atoms with E-state index in [0.29, 0.717) is 28.3 Å². The van der Waals surface area contributed by atoms with E-state index in [4.69, 9.17) is 9.72 Å². The first-order valence-corrected chi connectivity index (χ1v) is 12.9. The van der Waals surface area contributed by atoms with Crippen LogP contribution in [0, 0.1) is 12.8 Å². The molecule has 0 amide bonds. The van der Waals surface area contributed by atoms with E-state index in [0.717, 1.165) is 52.1 Å². The number of thiophene rings is 1. The summed E-state index contributed by atoms with van der Waals surface area (Å²) in [6, 6.07) is 5.57. The van der Waals surface area contributed by atoms with Gasteiger partial charge in [-0.25, -0.2) is 4.98 Å². The number of benzene rings is 1. The van der Waals surface area contributed by atoms with Crippen molar-refractivity contribution in [2.24, 2.45) is 5.92 Å². The zero-order valence-electron chi connectivity index (χ0n) is 21.4. The van der Waals surface area contributed by atoms with Crippen LogP contribution in [0.3, 0.4) is 0 Å². The van der Waals surface area contributed by atoms with Gasteiger partial charge in [0.2, 0.25) is 0 Å². The summed E-state index contributed by atoms with van der Waals surface area (Å²) in [7, 11) is 0. The minimum atomic E-state index is -1.21. The number of allylic oxidation sites excluding steroid dienone is 1. The second-order valence-electron chi connectivity index (χ2n) is 9.19. The normalized spacial score (nSPS) is 17.9. The Bertz CT molecular complexity index is 1280. The Morgan fingerprint density at radius 2 is 2.11 bits per heavy atom. The summed E-state index contributed by atoms with van der Waals surface area (Å²) in [5.74, 6) is -0.0121. The van der Waals surface area contributed by atoms with Gasteiger partial charge >= 0.3 is 29.6 Å². The molecule has 0 spiro atoms. The van der Waals surface area contributed by atoms with E-state index >= 15 is 0 Å². The average molecular weight is 498 g/mol. The molecule has 178 valence electrons. The number of nitrogens with zero attached hydrogens (tertiary/aromatic N) is 1. The molecule has 4 rings (SSSR count). The molecule has 1 fully saturated rings. The molecule has 0 bridgehead atoms. The van der Waals surface area contributed by atoms with E-state index in [1.807, 2.05) is 38.1 Å². The Kier molecular flexibility index (Phi) is 9.39. The molecule has 2 atom stereocenters. The van der Waals surface area contributed by atoms with Gasteiger partial charge in [-0.05, 0) is 74.3 Å². The largest absolute Gasteiger partial charge is 1.00 e. The minimum Gasteiger partial charge on any atom is -0.545 e. The van der Waals surface area contributed by atoms with Crippen molar-refractivity contribution >= 4 is 40.4 Å². The fraction of sp³-hybridized carbons (Fsp3) is 0.379. The molecule has 1 saturated carbocycles. The van der Waals surface area contributed by atoms with Crippen LogP contribution in [-0.4, -0.2) is 17.1 Å². The van der Waals surface area contributed by atoms with Crippen molar-refractivity contribution in [2.75, 3.05) is 0 Å². The summed E-state index contributed by atoms with van der Waals surface area (Å²) in [5, 5.41) is 12.9. The van der Waals surface area contributed by atoms with Gasteiger partial charge in [-0.1, -0.05) is 51.1 Å². The van der Waals surface area contributed by atoms with Gasteiger partial charge in [-0.2, -0.15) is 0 Å².